The lowest BCUT2D eigenvalue weighted by Crippen LogP contribution is -2.12. The van der Waals surface area contributed by atoms with Crippen molar-refractivity contribution in [3.8, 4) is 5.69 Å². The summed E-state index contributed by atoms with van der Waals surface area (Å²) < 4.78 is 6.74. The van der Waals surface area contributed by atoms with Gasteiger partial charge in [0.15, 0.2) is 5.78 Å². The highest BCUT2D eigenvalue weighted by atomic mass is 16.5. The Kier molecular flexibility index (Phi) is 6.31. The lowest BCUT2D eigenvalue weighted by molar-refractivity contribution is -0.134. The molecule has 4 aromatic rings. The number of benzene rings is 3. The van der Waals surface area contributed by atoms with E-state index in [1.807, 2.05) is 96.6 Å². The van der Waals surface area contributed by atoms with Crippen LogP contribution in [0.15, 0.2) is 91.1 Å². The van der Waals surface area contributed by atoms with Crippen LogP contribution < -0.4 is 0 Å². The molecule has 0 amide bonds. The first-order chi connectivity index (χ1) is 15.6. The maximum atomic E-state index is 13.8. The van der Waals surface area contributed by atoms with Gasteiger partial charge in [0.1, 0.15) is 0 Å². The highest BCUT2D eigenvalue weighted by Crippen LogP contribution is 2.32. The van der Waals surface area contributed by atoms with Crippen LogP contribution in [0.2, 0.25) is 0 Å². The summed E-state index contributed by atoms with van der Waals surface area (Å²) in [7, 11) is 1.35. The molecular weight excluding hydrogens is 398 g/mol. The maximum Gasteiger partial charge on any atom is 0.330 e. The van der Waals surface area contributed by atoms with Gasteiger partial charge in [-0.3, -0.25) is 4.79 Å². The van der Waals surface area contributed by atoms with Gasteiger partial charge in [0.05, 0.1) is 12.6 Å². The second kappa shape index (κ2) is 9.48. The van der Waals surface area contributed by atoms with Crippen LogP contribution in [0.5, 0.6) is 0 Å². The summed E-state index contributed by atoms with van der Waals surface area (Å²) in [6.45, 7) is 2.04. The molecule has 0 saturated heterocycles. The van der Waals surface area contributed by atoms with E-state index < -0.39 is 5.97 Å². The Morgan fingerprint density at radius 3 is 2.31 bits per heavy atom. The summed E-state index contributed by atoms with van der Waals surface area (Å²) in [5.74, 6) is -0.550. The molecule has 0 spiro atoms. The minimum Gasteiger partial charge on any atom is -0.466 e. The molecule has 4 nitrogen and oxygen atoms in total. The van der Waals surface area contributed by atoms with Crippen molar-refractivity contribution in [2.24, 2.45) is 0 Å². The van der Waals surface area contributed by atoms with Crippen LogP contribution in [0.25, 0.3) is 22.7 Å². The average Bonchev–Trinajstić information content (AvgIpc) is 3.23. The molecule has 0 radical (unpaired) electrons. The maximum absolute atomic E-state index is 13.8. The Balaban J connectivity index is 1.86. The van der Waals surface area contributed by atoms with Crippen LogP contribution in [0.3, 0.4) is 0 Å². The molecule has 0 saturated carbocycles. The quantitative estimate of drug-likeness (QED) is 0.202. The first-order valence-corrected chi connectivity index (χ1v) is 10.7. The van der Waals surface area contributed by atoms with Gasteiger partial charge in [0, 0.05) is 34.8 Å². The smallest absolute Gasteiger partial charge is 0.330 e. The minimum absolute atomic E-state index is 0.0903. The van der Waals surface area contributed by atoms with E-state index in [9.17, 15) is 9.59 Å². The molecule has 0 bridgehead atoms. The summed E-state index contributed by atoms with van der Waals surface area (Å²) in [4.78, 5) is 25.3. The Hall–Kier alpha value is -3.92. The topological polar surface area (TPSA) is 48.3 Å². The van der Waals surface area contributed by atoms with Gasteiger partial charge < -0.3 is 9.30 Å². The minimum atomic E-state index is -0.418. The SMILES string of the molecule is CCC(C(=O)c1cn(-c2ccccc2)c2ccc(C=CC(=O)OC)cc12)c1ccccc1. The van der Waals surface area contributed by atoms with E-state index in [4.69, 9.17) is 4.74 Å². The second-order valence-corrected chi connectivity index (χ2v) is 7.62. The van der Waals surface area contributed by atoms with Gasteiger partial charge in [-0.2, -0.15) is 0 Å². The number of ether oxygens (including phenoxy) is 1. The fourth-order valence-electron chi connectivity index (χ4n) is 4.03. The van der Waals surface area contributed by atoms with Crippen molar-refractivity contribution in [1.82, 2.24) is 4.57 Å². The first kappa shape index (κ1) is 21.3. The summed E-state index contributed by atoms with van der Waals surface area (Å²) in [6, 6.07) is 25.8. The van der Waals surface area contributed by atoms with Crippen LogP contribution in [0.4, 0.5) is 0 Å². The molecule has 0 aliphatic carbocycles. The standard InChI is InChI=1S/C28H25NO3/c1-3-23(21-10-6-4-7-11-21)28(31)25-19-29(22-12-8-5-9-13-22)26-16-14-20(18-24(25)26)15-17-27(30)32-2/h4-19,23H,3H2,1-2H3. The van der Waals surface area contributed by atoms with Gasteiger partial charge in [0.2, 0.25) is 0 Å². The van der Waals surface area contributed by atoms with Crippen molar-refractivity contribution in [3.63, 3.8) is 0 Å². The summed E-state index contributed by atoms with van der Waals surface area (Å²) in [5.41, 5.74) is 4.45. The second-order valence-electron chi connectivity index (χ2n) is 7.62. The number of carbonyl (C=O) groups is 2. The lowest BCUT2D eigenvalue weighted by Gasteiger charge is -2.13. The predicted molar refractivity (Wildman–Crippen MR) is 128 cm³/mol. The number of ketones is 1. The van der Waals surface area contributed by atoms with Crippen molar-refractivity contribution < 1.29 is 14.3 Å². The molecule has 4 rings (SSSR count). The number of Topliss-reactive ketones (excluding diaryl/α,β-unsaturated/α-hetero) is 1. The fraction of sp³-hybridized carbons (Fsp3) is 0.143. The number of hydrogen-bond acceptors (Lipinski definition) is 3. The molecule has 0 fully saturated rings. The third-order valence-corrected chi connectivity index (χ3v) is 5.67. The Bertz CT molecular complexity index is 1270. The molecule has 1 unspecified atom stereocenters. The van der Waals surface area contributed by atoms with Crippen LogP contribution in [-0.2, 0) is 9.53 Å². The van der Waals surface area contributed by atoms with Gasteiger partial charge >= 0.3 is 5.97 Å². The van der Waals surface area contributed by atoms with E-state index in [1.54, 1.807) is 6.08 Å². The zero-order chi connectivity index (χ0) is 22.5. The van der Waals surface area contributed by atoms with Crippen LogP contribution in [0.1, 0.15) is 40.7 Å². The van der Waals surface area contributed by atoms with Gasteiger partial charge in [0.25, 0.3) is 0 Å². The van der Waals surface area contributed by atoms with Gasteiger partial charge in [-0.05, 0) is 47.9 Å². The molecule has 32 heavy (non-hydrogen) atoms. The number of nitrogens with zero attached hydrogens (tertiary/aromatic N) is 1. The molecule has 3 aromatic carbocycles. The number of fused-ring (bicyclic) bond motifs is 1. The Labute approximate surface area is 187 Å². The van der Waals surface area contributed by atoms with Crippen LogP contribution >= 0.6 is 0 Å². The first-order valence-electron chi connectivity index (χ1n) is 10.7. The number of para-hydroxylation sites is 1. The monoisotopic (exact) mass is 423 g/mol. The third-order valence-electron chi connectivity index (χ3n) is 5.67. The Morgan fingerprint density at radius 2 is 1.66 bits per heavy atom. The fourth-order valence-corrected chi connectivity index (χ4v) is 4.03. The molecule has 1 aromatic heterocycles. The van der Waals surface area contributed by atoms with Crippen molar-refractivity contribution >= 4 is 28.7 Å². The Morgan fingerprint density at radius 1 is 0.969 bits per heavy atom. The van der Waals surface area contributed by atoms with Gasteiger partial charge in [-0.1, -0.05) is 61.5 Å². The number of methoxy groups -OCH3 is 1. The van der Waals surface area contributed by atoms with Crippen molar-refractivity contribution in [2.75, 3.05) is 7.11 Å². The number of esters is 1. The molecule has 0 N–H and O–H groups in total. The summed E-state index contributed by atoms with van der Waals surface area (Å²) >= 11 is 0. The van der Waals surface area contributed by atoms with Crippen LogP contribution in [-0.4, -0.2) is 23.4 Å². The van der Waals surface area contributed by atoms with E-state index in [0.29, 0.717) is 12.0 Å². The van der Waals surface area contributed by atoms with E-state index in [2.05, 4.69) is 0 Å². The number of aromatic nitrogens is 1. The third kappa shape index (κ3) is 4.26. The molecule has 160 valence electrons. The molecule has 0 aliphatic heterocycles. The molecule has 1 heterocycles. The van der Waals surface area contributed by atoms with Gasteiger partial charge in [-0.25, -0.2) is 4.79 Å². The van der Waals surface area contributed by atoms with E-state index in [-0.39, 0.29) is 11.7 Å². The average molecular weight is 424 g/mol. The largest absolute Gasteiger partial charge is 0.466 e. The molecule has 4 heteroatoms. The van der Waals surface area contributed by atoms with Crippen LogP contribution in [0, 0.1) is 0 Å². The zero-order valence-electron chi connectivity index (χ0n) is 18.2. The van der Waals surface area contributed by atoms with Crippen molar-refractivity contribution in [2.45, 2.75) is 19.3 Å². The normalized spacial score (nSPS) is 12.2. The molecule has 1 atom stereocenters. The number of hydrogen-bond donors (Lipinski definition) is 0. The van der Waals surface area contributed by atoms with E-state index >= 15 is 0 Å². The number of carbonyl (C=O) groups excluding carboxylic acids is 2. The van der Waals surface area contributed by atoms with E-state index in [1.165, 1.54) is 13.2 Å². The van der Waals surface area contributed by atoms with E-state index in [0.717, 1.165) is 27.7 Å². The molecular formula is C28H25NO3. The lowest BCUT2D eigenvalue weighted by atomic mass is 9.88. The highest BCUT2D eigenvalue weighted by molar-refractivity contribution is 6.11. The van der Waals surface area contributed by atoms with Crippen molar-refractivity contribution in [3.05, 3.63) is 108 Å². The van der Waals surface area contributed by atoms with Crippen molar-refractivity contribution in [1.29, 1.82) is 0 Å². The molecule has 0 aliphatic rings. The summed E-state index contributed by atoms with van der Waals surface area (Å²) in [6.07, 6.45) is 5.73. The van der Waals surface area contributed by atoms with Gasteiger partial charge in [-0.15, -0.1) is 0 Å². The zero-order valence-corrected chi connectivity index (χ0v) is 18.2. The highest BCUT2D eigenvalue weighted by Gasteiger charge is 2.24. The predicted octanol–water partition coefficient (Wildman–Crippen LogP) is 6.19. The number of rotatable bonds is 7. The summed E-state index contributed by atoms with van der Waals surface area (Å²) in [5, 5.41) is 0.861.